The molecule has 0 spiro atoms. The quantitative estimate of drug-likeness (QED) is 0.766. The van der Waals surface area contributed by atoms with Gasteiger partial charge in [-0.05, 0) is 25.1 Å². The van der Waals surface area contributed by atoms with Crippen molar-refractivity contribution in [3.8, 4) is 10.6 Å². The van der Waals surface area contributed by atoms with Gasteiger partial charge in [0.1, 0.15) is 16.9 Å². The van der Waals surface area contributed by atoms with Crippen molar-refractivity contribution in [3.05, 3.63) is 29.0 Å². The summed E-state index contributed by atoms with van der Waals surface area (Å²) in [6.45, 7) is 2.75. The maximum atomic E-state index is 14.5. The summed E-state index contributed by atoms with van der Waals surface area (Å²) in [6, 6.07) is 4.52. The lowest BCUT2D eigenvalue weighted by molar-refractivity contribution is 0.143. The molecule has 0 saturated carbocycles. The first-order valence-electron chi connectivity index (χ1n) is 7.53. The maximum absolute atomic E-state index is 14.5. The zero-order valence-corrected chi connectivity index (χ0v) is 15.0. The number of thiocarbonyl (C=S) groups is 1. The summed E-state index contributed by atoms with van der Waals surface area (Å²) in [5.74, 6) is -0.485. The first-order chi connectivity index (χ1) is 12.0. The molecule has 1 aromatic heterocycles. The zero-order chi connectivity index (χ0) is 18.0. The summed E-state index contributed by atoms with van der Waals surface area (Å²) in [7, 11) is 0. The Morgan fingerprint density at radius 3 is 3.00 bits per heavy atom. The van der Waals surface area contributed by atoms with E-state index in [0.717, 1.165) is 0 Å². The number of cyclic esters (lactones) is 1. The second-order valence-electron chi connectivity index (χ2n) is 5.42. The largest absolute Gasteiger partial charge is 0.442 e. The Labute approximate surface area is 153 Å². The van der Waals surface area contributed by atoms with Crippen LogP contribution in [-0.2, 0) is 11.3 Å². The third-order valence-electron chi connectivity index (χ3n) is 3.59. The van der Waals surface area contributed by atoms with Gasteiger partial charge in [0.25, 0.3) is 0 Å². The van der Waals surface area contributed by atoms with Gasteiger partial charge in [-0.1, -0.05) is 23.6 Å². The van der Waals surface area contributed by atoms with E-state index >= 15 is 0 Å². The molecule has 1 aromatic carbocycles. The number of aromatic nitrogens is 2. The van der Waals surface area contributed by atoms with Crippen LogP contribution < -0.4 is 16.0 Å². The normalized spacial score (nSPS) is 16.8. The second kappa shape index (κ2) is 7.38. The first kappa shape index (κ1) is 17.6. The van der Waals surface area contributed by atoms with E-state index in [1.165, 1.54) is 22.3 Å². The highest BCUT2D eigenvalue weighted by molar-refractivity contribution is 7.80. The molecule has 1 amide bonds. The number of nitrogens with one attached hydrogen (secondary N) is 1. The fraction of sp³-hybridized carbons (Fsp3) is 0.333. The number of benzene rings is 1. The van der Waals surface area contributed by atoms with E-state index in [0.29, 0.717) is 39.3 Å². The van der Waals surface area contributed by atoms with Gasteiger partial charge < -0.3 is 15.8 Å². The molecule has 1 fully saturated rings. The van der Waals surface area contributed by atoms with Crippen molar-refractivity contribution in [2.75, 3.05) is 18.0 Å². The Morgan fingerprint density at radius 2 is 2.36 bits per heavy atom. The van der Waals surface area contributed by atoms with Crippen molar-refractivity contribution in [1.82, 2.24) is 15.5 Å². The summed E-state index contributed by atoms with van der Waals surface area (Å²) < 4.78 is 19.7. The van der Waals surface area contributed by atoms with Gasteiger partial charge in [0, 0.05) is 12.1 Å². The Kier molecular flexibility index (Phi) is 5.21. The molecule has 10 heteroatoms. The highest BCUT2D eigenvalue weighted by Crippen LogP contribution is 2.30. The molecular weight excluding hydrogens is 365 g/mol. The van der Waals surface area contributed by atoms with Crippen molar-refractivity contribution in [1.29, 1.82) is 0 Å². The van der Waals surface area contributed by atoms with Crippen LogP contribution in [0.5, 0.6) is 0 Å². The molecule has 2 heterocycles. The van der Waals surface area contributed by atoms with Crippen molar-refractivity contribution >= 4 is 40.3 Å². The lowest BCUT2D eigenvalue weighted by Gasteiger charge is -2.14. The van der Waals surface area contributed by atoms with Gasteiger partial charge in [0.05, 0.1) is 23.8 Å². The van der Waals surface area contributed by atoms with Crippen LogP contribution in [0, 0.1) is 5.82 Å². The third-order valence-corrected chi connectivity index (χ3v) is 4.71. The molecule has 0 radical (unpaired) electrons. The van der Waals surface area contributed by atoms with Crippen molar-refractivity contribution in [2.24, 2.45) is 5.73 Å². The van der Waals surface area contributed by atoms with E-state index in [1.807, 2.05) is 0 Å². The standard InChI is InChI=1S/C15H16FN5O2S2/c1-8(24)18-6-10-7-21(15(22)23-10)9-2-3-11(12(16)4-9)14-20-19-13(5-17)25-14/h2-4,10H,5-7,17H2,1H3,(H,18,24)/t10-/m0/s1. The van der Waals surface area contributed by atoms with Gasteiger partial charge in [-0.3, -0.25) is 4.90 Å². The summed E-state index contributed by atoms with van der Waals surface area (Å²) in [5, 5.41) is 11.9. The Hall–Kier alpha value is -2.17. The molecule has 0 unspecified atom stereocenters. The Bertz CT molecular complexity index is 813. The fourth-order valence-electron chi connectivity index (χ4n) is 2.39. The van der Waals surface area contributed by atoms with Crippen molar-refractivity contribution < 1.29 is 13.9 Å². The summed E-state index contributed by atoms with van der Waals surface area (Å²) >= 11 is 6.17. The molecule has 1 atom stereocenters. The molecule has 2 aromatic rings. The van der Waals surface area contributed by atoms with Crippen LogP contribution in [0.2, 0.25) is 0 Å². The average molecular weight is 381 g/mol. The molecule has 0 bridgehead atoms. The summed E-state index contributed by atoms with van der Waals surface area (Å²) in [6.07, 6.45) is -0.856. The number of carbonyl (C=O) groups excluding carboxylic acids is 1. The molecule has 7 nitrogen and oxygen atoms in total. The number of nitrogens with two attached hydrogens (primary N) is 1. The number of carbonyl (C=O) groups is 1. The summed E-state index contributed by atoms with van der Waals surface area (Å²) in [5.41, 5.74) is 6.25. The highest BCUT2D eigenvalue weighted by Gasteiger charge is 2.32. The third kappa shape index (κ3) is 3.91. The number of nitrogens with zero attached hydrogens (tertiary/aromatic N) is 3. The molecule has 132 valence electrons. The van der Waals surface area contributed by atoms with E-state index in [-0.39, 0.29) is 12.6 Å². The topological polar surface area (TPSA) is 93.4 Å². The van der Waals surface area contributed by atoms with E-state index in [9.17, 15) is 9.18 Å². The van der Waals surface area contributed by atoms with Crippen LogP contribution in [0.3, 0.4) is 0 Å². The van der Waals surface area contributed by atoms with Crippen LogP contribution in [0.1, 0.15) is 11.9 Å². The predicted octanol–water partition coefficient (Wildman–Crippen LogP) is 2.06. The highest BCUT2D eigenvalue weighted by atomic mass is 32.1. The zero-order valence-electron chi connectivity index (χ0n) is 13.4. The van der Waals surface area contributed by atoms with Crippen LogP contribution in [0.4, 0.5) is 14.9 Å². The SMILES string of the molecule is CC(=S)NC[C@H]1CN(c2ccc(-c3nnc(CN)s3)c(F)c2)C(=O)O1. The number of ether oxygens (including phenoxy) is 1. The summed E-state index contributed by atoms with van der Waals surface area (Å²) in [4.78, 5) is 14.0. The molecule has 1 aliphatic rings. The Morgan fingerprint density at radius 1 is 1.56 bits per heavy atom. The van der Waals surface area contributed by atoms with Gasteiger partial charge in [-0.2, -0.15) is 0 Å². The number of amides is 1. The van der Waals surface area contributed by atoms with Gasteiger partial charge in [-0.25, -0.2) is 9.18 Å². The minimum absolute atomic E-state index is 0.258. The Balaban J connectivity index is 1.76. The van der Waals surface area contributed by atoms with Crippen LogP contribution in [0.25, 0.3) is 10.6 Å². The number of rotatable bonds is 5. The molecule has 1 saturated heterocycles. The molecule has 3 N–H and O–H groups in total. The monoisotopic (exact) mass is 381 g/mol. The molecular formula is C15H16FN5O2S2. The van der Waals surface area contributed by atoms with Crippen LogP contribution >= 0.6 is 23.6 Å². The fourth-order valence-corrected chi connectivity index (χ4v) is 3.22. The first-order valence-corrected chi connectivity index (χ1v) is 8.75. The smallest absolute Gasteiger partial charge is 0.414 e. The molecule has 1 aliphatic heterocycles. The number of hydrogen-bond donors (Lipinski definition) is 2. The second-order valence-corrected chi connectivity index (χ2v) is 7.10. The van der Waals surface area contributed by atoms with Gasteiger partial charge >= 0.3 is 6.09 Å². The lowest BCUT2D eigenvalue weighted by atomic mass is 10.2. The van der Waals surface area contributed by atoms with Crippen molar-refractivity contribution in [3.63, 3.8) is 0 Å². The molecule has 25 heavy (non-hydrogen) atoms. The van der Waals surface area contributed by atoms with E-state index in [4.69, 9.17) is 22.7 Å². The average Bonchev–Trinajstić information content (AvgIpc) is 3.19. The number of halogens is 1. The van der Waals surface area contributed by atoms with E-state index in [1.54, 1.807) is 19.1 Å². The molecule has 3 rings (SSSR count). The number of anilines is 1. The van der Waals surface area contributed by atoms with Crippen LogP contribution in [-0.4, -0.2) is 40.5 Å². The van der Waals surface area contributed by atoms with E-state index < -0.39 is 11.9 Å². The molecule has 0 aliphatic carbocycles. The number of hydrogen-bond acceptors (Lipinski definition) is 7. The van der Waals surface area contributed by atoms with Gasteiger partial charge in [0.15, 0.2) is 5.01 Å². The van der Waals surface area contributed by atoms with Crippen molar-refractivity contribution in [2.45, 2.75) is 19.6 Å². The minimum atomic E-state index is -0.512. The lowest BCUT2D eigenvalue weighted by Crippen LogP contribution is -2.32. The predicted molar refractivity (Wildman–Crippen MR) is 97.1 cm³/mol. The maximum Gasteiger partial charge on any atom is 0.414 e. The van der Waals surface area contributed by atoms with E-state index in [2.05, 4.69) is 15.5 Å². The van der Waals surface area contributed by atoms with Gasteiger partial charge in [-0.15, -0.1) is 10.2 Å². The van der Waals surface area contributed by atoms with Crippen LogP contribution in [0.15, 0.2) is 18.2 Å². The minimum Gasteiger partial charge on any atom is -0.442 e. The van der Waals surface area contributed by atoms with Gasteiger partial charge in [0.2, 0.25) is 0 Å².